The molecule has 0 radical (unpaired) electrons. The standard InChI is InChI=1S/C51H29N3O4S6/c1-51(2)38-6-4-3-5-36(38)37-16-15-32(18-39(37)51)54(30-11-7-27(8-12-30)40-22-44-48(63-40)46-42(61-44)20-34(59-46)17-29(24-52)50(56)57)31-13-9-28(10-14-31)41-23-45-49(64-41)47-43(62-45)21-35(60-47)19-33(25-53)58-26-55/h3-23,26H,1-2H3,(H,56,57). The van der Waals surface area contributed by atoms with Crippen LogP contribution in [0.3, 0.4) is 0 Å². The van der Waals surface area contributed by atoms with E-state index in [9.17, 15) is 25.2 Å². The van der Waals surface area contributed by atoms with Gasteiger partial charge in [0, 0.05) is 66.9 Å². The van der Waals surface area contributed by atoms with Crippen LogP contribution < -0.4 is 4.90 Å². The minimum atomic E-state index is -1.22. The lowest BCUT2D eigenvalue weighted by Crippen LogP contribution is -2.16. The van der Waals surface area contributed by atoms with E-state index in [0.29, 0.717) is 0 Å². The SMILES string of the molecule is CC1(C)c2ccccc2-c2ccc(N(c3ccc(-c4cc5sc6cc(C=C(C#N)OC=O)sc6c5s4)cc3)c3ccc(-c4cc5sc6cc(C=C(C#N)C(=O)O)sc6c5s4)cc3)cc21. The Morgan fingerprint density at radius 2 is 1.12 bits per heavy atom. The van der Waals surface area contributed by atoms with E-state index in [0.717, 1.165) is 61.6 Å². The topological polar surface area (TPSA) is 114 Å². The molecule has 0 amide bonds. The highest BCUT2D eigenvalue weighted by molar-refractivity contribution is 7.40. The van der Waals surface area contributed by atoms with Gasteiger partial charge in [0.25, 0.3) is 6.47 Å². The molecule has 0 aliphatic heterocycles. The normalized spacial score (nSPS) is 13.3. The molecule has 6 aromatic heterocycles. The van der Waals surface area contributed by atoms with Gasteiger partial charge in [0.2, 0.25) is 5.76 Å². The van der Waals surface area contributed by atoms with Crippen molar-refractivity contribution in [2.75, 3.05) is 4.90 Å². The summed E-state index contributed by atoms with van der Waals surface area (Å²) >= 11 is 10.00. The van der Waals surface area contributed by atoms with Crippen LogP contribution in [-0.2, 0) is 19.7 Å². The number of allylic oxidation sites excluding steroid dienone is 1. The van der Waals surface area contributed by atoms with E-state index in [1.807, 2.05) is 18.2 Å². The highest BCUT2D eigenvalue weighted by atomic mass is 32.1. The Balaban J connectivity index is 0.947. The first-order chi connectivity index (χ1) is 31.1. The Bertz CT molecular complexity index is 3710. The van der Waals surface area contributed by atoms with Gasteiger partial charge >= 0.3 is 5.97 Å². The number of hydrogen-bond acceptors (Lipinski definition) is 12. The number of carboxylic acids is 1. The molecule has 13 heteroatoms. The van der Waals surface area contributed by atoms with Crippen molar-refractivity contribution >= 4 is 147 Å². The molecule has 308 valence electrons. The Morgan fingerprint density at radius 3 is 1.67 bits per heavy atom. The molecule has 4 aromatic carbocycles. The number of thiophene rings is 6. The summed E-state index contributed by atoms with van der Waals surface area (Å²) in [5.74, 6) is -1.26. The number of carbonyl (C=O) groups is 2. The average molecular weight is 940 g/mol. The lowest BCUT2D eigenvalue weighted by Gasteiger charge is -2.28. The second-order valence-electron chi connectivity index (χ2n) is 15.6. The van der Waals surface area contributed by atoms with Gasteiger partial charge in [-0.1, -0.05) is 68.4 Å². The fraction of sp³-hybridized carbons (Fsp3) is 0.0588. The number of nitriles is 2. The molecule has 11 rings (SSSR count). The van der Waals surface area contributed by atoms with Crippen LogP contribution in [0, 0.1) is 22.7 Å². The molecule has 6 heterocycles. The first-order valence-corrected chi connectivity index (χ1v) is 24.7. The number of anilines is 3. The third kappa shape index (κ3) is 6.68. The number of fused-ring (bicyclic) bond motifs is 9. The lowest BCUT2D eigenvalue weighted by atomic mass is 9.82. The summed E-state index contributed by atoms with van der Waals surface area (Å²) in [4.78, 5) is 28.6. The van der Waals surface area contributed by atoms with Crippen molar-refractivity contribution in [2.24, 2.45) is 0 Å². The number of carbonyl (C=O) groups excluding carboxylic acids is 1. The molecule has 0 fully saturated rings. The van der Waals surface area contributed by atoms with Crippen LogP contribution in [0.1, 0.15) is 34.7 Å². The Hall–Kier alpha value is -6.68. The summed E-state index contributed by atoms with van der Waals surface area (Å²) in [6.45, 7) is 4.89. The van der Waals surface area contributed by atoms with Gasteiger partial charge in [0.05, 0.1) is 18.8 Å². The van der Waals surface area contributed by atoms with Crippen molar-refractivity contribution in [3.8, 4) is 44.1 Å². The van der Waals surface area contributed by atoms with Crippen molar-refractivity contribution in [3.63, 3.8) is 0 Å². The van der Waals surface area contributed by atoms with Crippen molar-refractivity contribution < 1.29 is 19.4 Å². The summed E-state index contributed by atoms with van der Waals surface area (Å²) in [6.07, 6.45) is 3.05. The van der Waals surface area contributed by atoms with Gasteiger partial charge in [-0.15, -0.1) is 68.0 Å². The molecule has 0 bridgehead atoms. The fourth-order valence-corrected chi connectivity index (χ4v) is 16.5. The number of nitrogens with zero attached hydrogens (tertiary/aromatic N) is 3. The zero-order chi connectivity index (χ0) is 43.9. The molecule has 0 atom stereocenters. The van der Waals surface area contributed by atoms with Crippen molar-refractivity contribution in [1.82, 2.24) is 0 Å². The summed E-state index contributed by atoms with van der Waals surface area (Å²) in [5.41, 5.74) is 10.1. The summed E-state index contributed by atoms with van der Waals surface area (Å²) in [6, 6.07) is 45.3. The van der Waals surface area contributed by atoms with Crippen LogP contribution in [-0.4, -0.2) is 17.5 Å². The number of aliphatic carboxylic acids is 1. The Kier molecular flexibility index (Phi) is 9.74. The van der Waals surface area contributed by atoms with E-state index in [4.69, 9.17) is 4.74 Å². The number of benzene rings is 4. The van der Waals surface area contributed by atoms with E-state index in [1.165, 1.54) is 63.3 Å². The van der Waals surface area contributed by atoms with Crippen LogP contribution in [0.5, 0.6) is 0 Å². The number of carboxylic acid groups (broad SMARTS) is 1. The second-order valence-corrected chi connectivity index (χ2v) is 22.1. The molecule has 1 aliphatic carbocycles. The smallest absolute Gasteiger partial charge is 0.346 e. The quantitative estimate of drug-likeness (QED) is 0.0628. The van der Waals surface area contributed by atoms with Gasteiger partial charge < -0.3 is 14.7 Å². The molecule has 64 heavy (non-hydrogen) atoms. The maximum absolute atomic E-state index is 11.5. The number of hydrogen-bond donors (Lipinski definition) is 1. The van der Waals surface area contributed by atoms with E-state index in [2.05, 4.69) is 122 Å². The number of rotatable bonds is 10. The molecular weight excluding hydrogens is 911 g/mol. The molecule has 10 aromatic rings. The van der Waals surface area contributed by atoms with Gasteiger partial charge in [-0.2, -0.15) is 10.5 Å². The fourth-order valence-electron chi connectivity index (χ4n) is 8.52. The average Bonchev–Trinajstić information content (AvgIpc) is 4.17. The van der Waals surface area contributed by atoms with Gasteiger partial charge in [-0.05, 0) is 100 Å². The molecule has 0 saturated carbocycles. The van der Waals surface area contributed by atoms with Crippen LogP contribution in [0.15, 0.2) is 127 Å². The Morgan fingerprint density at radius 1 is 0.609 bits per heavy atom. The Labute approximate surface area is 390 Å². The predicted molar refractivity (Wildman–Crippen MR) is 269 cm³/mol. The second kappa shape index (κ2) is 15.5. The molecule has 0 unspecified atom stereocenters. The maximum atomic E-state index is 11.5. The third-order valence-corrected chi connectivity index (χ3v) is 19.1. The number of ether oxygens (including phenoxy) is 1. The van der Waals surface area contributed by atoms with Crippen LogP contribution >= 0.6 is 68.0 Å². The first-order valence-electron chi connectivity index (χ1n) is 19.8. The van der Waals surface area contributed by atoms with Crippen molar-refractivity contribution in [3.05, 3.63) is 147 Å². The minimum Gasteiger partial charge on any atom is -0.477 e. The summed E-state index contributed by atoms with van der Waals surface area (Å²) in [7, 11) is 0. The molecule has 1 N–H and O–H groups in total. The zero-order valence-corrected chi connectivity index (χ0v) is 38.6. The molecule has 1 aliphatic rings. The molecular formula is C51H29N3O4S6. The van der Waals surface area contributed by atoms with Gasteiger partial charge in [0.15, 0.2) is 0 Å². The zero-order valence-electron chi connectivity index (χ0n) is 33.7. The largest absolute Gasteiger partial charge is 0.477 e. The van der Waals surface area contributed by atoms with E-state index in [1.54, 1.807) is 68.8 Å². The van der Waals surface area contributed by atoms with Crippen molar-refractivity contribution in [2.45, 2.75) is 19.3 Å². The van der Waals surface area contributed by atoms with Crippen LogP contribution in [0.2, 0.25) is 0 Å². The lowest BCUT2D eigenvalue weighted by molar-refractivity contribution is -0.132. The molecule has 0 spiro atoms. The van der Waals surface area contributed by atoms with Gasteiger partial charge in [0.1, 0.15) is 17.7 Å². The molecule has 7 nitrogen and oxygen atoms in total. The highest BCUT2D eigenvalue weighted by Gasteiger charge is 2.35. The summed E-state index contributed by atoms with van der Waals surface area (Å²) in [5, 5.41) is 28.0. The first kappa shape index (κ1) is 40.1. The maximum Gasteiger partial charge on any atom is 0.346 e. The van der Waals surface area contributed by atoms with E-state index in [-0.39, 0.29) is 23.2 Å². The monoisotopic (exact) mass is 939 g/mol. The minimum absolute atomic E-state index is 0.0315. The van der Waals surface area contributed by atoms with E-state index < -0.39 is 5.97 Å². The van der Waals surface area contributed by atoms with E-state index >= 15 is 0 Å². The van der Waals surface area contributed by atoms with Crippen LogP contribution in [0.4, 0.5) is 17.1 Å². The third-order valence-electron chi connectivity index (χ3n) is 11.5. The van der Waals surface area contributed by atoms with Crippen molar-refractivity contribution in [1.29, 1.82) is 10.5 Å². The van der Waals surface area contributed by atoms with Crippen LogP contribution in [0.25, 0.3) is 81.8 Å². The highest BCUT2D eigenvalue weighted by Crippen LogP contribution is 2.52. The molecule has 0 saturated heterocycles. The predicted octanol–water partition coefficient (Wildman–Crippen LogP) is 15.8. The van der Waals surface area contributed by atoms with Gasteiger partial charge in [-0.25, -0.2) is 4.79 Å². The summed E-state index contributed by atoms with van der Waals surface area (Å²) < 4.78 is 14.1. The van der Waals surface area contributed by atoms with Gasteiger partial charge in [-0.3, -0.25) is 4.79 Å².